The molecule has 1 atom stereocenters. The van der Waals surface area contributed by atoms with Crippen LogP contribution in [0.1, 0.15) is 17.7 Å². The van der Waals surface area contributed by atoms with Crippen LogP contribution in [0.4, 0.5) is 4.39 Å². The van der Waals surface area contributed by atoms with Crippen LogP contribution in [0.15, 0.2) is 52.1 Å². The summed E-state index contributed by atoms with van der Waals surface area (Å²) in [5, 5.41) is 6.62. The van der Waals surface area contributed by atoms with Crippen molar-refractivity contribution < 1.29 is 13.5 Å². The molecule has 1 fully saturated rings. The third-order valence-corrected chi connectivity index (χ3v) is 4.19. The van der Waals surface area contributed by atoms with Gasteiger partial charge in [-0.2, -0.15) is 0 Å². The Kier molecular flexibility index (Phi) is 6.45. The van der Waals surface area contributed by atoms with Crippen molar-refractivity contribution in [2.24, 2.45) is 10.9 Å². The molecule has 2 heterocycles. The second-order valence-electron chi connectivity index (χ2n) is 6.12. The fourth-order valence-corrected chi connectivity index (χ4v) is 2.71. The summed E-state index contributed by atoms with van der Waals surface area (Å²) in [5.74, 6) is 1.86. The highest BCUT2D eigenvalue weighted by atomic mass is 19.1. The van der Waals surface area contributed by atoms with E-state index in [1.165, 1.54) is 6.07 Å². The first kappa shape index (κ1) is 17.5. The van der Waals surface area contributed by atoms with Crippen LogP contribution in [-0.4, -0.2) is 32.3 Å². The fourth-order valence-electron chi connectivity index (χ4n) is 2.71. The molecule has 1 saturated heterocycles. The largest absolute Gasteiger partial charge is 0.469 e. The molecule has 6 heteroatoms. The van der Waals surface area contributed by atoms with Crippen molar-refractivity contribution >= 4 is 5.96 Å². The van der Waals surface area contributed by atoms with Gasteiger partial charge in [-0.1, -0.05) is 18.2 Å². The van der Waals surface area contributed by atoms with Gasteiger partial charge in [0.25, 0.3) is 0 Å². The monoisotopic (exact) mass is 345 g/mol. The Hall–Kier alpha value is -2.34. The minimum atomic E-state index is -0.231. The molecule has 1 aliphatic rings. The quantitative estimate of drug-likeness (QED) is 0.598. The van der Waals surface area contributed by atoms with Crippen molar-refractivity contribution in [2.75, 3.05) is 26.3 Å². The SMILES string of the molecule is Fc1ccccc1CN=C(NCCc1ccco1)NCC1CCOC1. The summed E-state index contributed by atoms with van der Waals surface area (Å²) >= 11 is 0. The van der Waals surface area contributed by atoms with E-state index in [9.17, 15) is 4.39 Å². The number of benzene rings is 1. The van der Waals surface area contributed by atoms with Crippen LogP contribution in [0, 0.1) is 11.7 Å². The van der Waals surface area contributed by atoms with E-state index in [4.69, 9.17) is 9.15 Å². The van der Waals surface area contributed by atoms with Crippen molar-refractivity contribution in [2.45, 2.75) is 19.4 Å². The average Bonchev–Trinajstić information content (AvgIpc) is 3.32. The Bertz CT molecular complexity index is 667. The van der Waals surface area contributed by atoms with Crippen LogP contribution in [0.25, 0.3) is 0 Å². The Labute approximate surface area is 147 Å². The highest BCUT2D eigenvalue weighted by molar-refractivity contribution is 5.79. The molecule has 1 aliphatic heterocycles. The lowest BCUT2D eigenvalue weighted by Gasteiger charge is -2.15. The zero-order valence-corrected chi connectivity index (χ0v) is 14.2. The Morgan fingerprint density at radius 2 is 2.12 bits per heavy atom. The standard InChI is InChI=1S/C19H24FN3O2/c20-18-6-2-1-4-16(18)13-23-19(22-12-15-8-11-24-14-15)21-9-7-17-5-3-10-25-17/h1-6,10,15H,7-9,11-14H2,(H2,21,22,23). The van der Waals surface area contributed by atoms with Gasteiger partial charge in [0.05, 0.1) is 19.4 Å². The highest BCUT2D eigenvalue weighted by Crippen LogP contribution is 2.11. The van der Waals surface area contributed by atoms with Crippen molar-refractivity contribution in [1.29, 1.82) is 0 Å². The second kappa shape index (κ2) is 9.22. The average molecular weight is 345 g/mol. The van der Waals surface area contributed by atoms with Crippen molar-refractivity contribution in [3.63, 3.8) is 0 Å². The molecule has 2 aromatic rings. The van der Waals surface area contributed by atoms with E-state index >= 15 is 0 Å². The molecular formula is C19H24FN3O2. The van der Waals surface area contributed by atoms with E-state index in [0.29, 0.717) is 30.5 Å². The van der Waals surface area contributed by atoms with Gasteiger partial charge in [-0.3, -0.25) is 0 Å². The lowest BCUT2D eigenvalue weighted by atomic mass is 10.1. The van der Waals surface area contributed by atoms with Gasteiger partial charge in [0, 0.05) is 37.6 Å². The first-order valence-corrected chi connectivity index (χ1v) is 8.67. The molecule has 0 radical (unpaired) electrons. The smallest absolute Gasteiger partial charge is 0.191 e. The van der Waals surface area contributed by atoms with Crippen LogP contribution >= 0.6 is 0 Å². The zero-order valence-electron chi connectivity index (χ0n) is 14.2. The lowest BCUT2D eigenvalue weighted by molar-refractivity contribution is 0.186. The van der Waals surface area contributed by atoms with Gasteiger partial charge < -0.3 is 19.8 Å². The van der Waals surface area contributed by atoms with Crippen LogP contribution in [0.3, 0.4) is 0 Å². The summed E-state index contributed by atoms with van der Waals surface area (Å²) < 4.78 is 24.5. The molecule has 0 spiro atoms. The van der Waals surface area contributed by atoms with Gasteiger partial charge in [-0.15, -0.1) is 0 Å². The van der Waals surface area contributed by atoms with Gasteiger partial charge in [-0.05, 0) is 24.6 Å². The van der Waals surface area contributed by atoms with E-state index < -0.39 is 0 Å². The van der Waals surface area contributed by atoms with E-state index in [1.54, 1.807) is 18.4 Å². The number of furan rings is 1. The molecular weight excluding hydrogens is 321 g/mol. The molecule has 1 unspecified atom stereocenters. The third-order valence-electron chi connectivity index (χ3n) is 4.19. The number of hydrogen-bond donors (Lipinski definition) is 2. The van der Waals surface area contributed by atoms with Gasteiger partial charge in [0.1, 0.15) is 11.6 Å². The summed E-state index contributed by atoms with van der Waals surface area (Å²) in [6.07, 6.45) is 3.49. The number of nitrogens with zero attached hydrogens (tertiary/aromatic N) is 1. The number of rotatable bonds is 7. The van der Waals surface area contributed by atoms with Crippen LogP contribution in [-0.2, 0) is 17.7 Å². The molecule has 1 aromatic carbocycles. The maximum Gasteiger partial charge on any atom is 0.191 e. The number of halogens is 1. The molecule has 0 amide bonds. The van der Waals surface area contributed by atoms with E-state index in [2.05, 4.69) is 15.6 Å². The summed E-state index contributed by atoms with van der Waals surface area (Å²) in [5.41, 5.74) is 0.582. The van der Waals surface area contributed by atoms with Gasteiger partial charge in [-0.25, -0.2) is 9.38 Å². The minimum Gasteiger partial charge on any atom is -0.469 e. The van der Waals surface area contributed by atoms with Gasteiger partial charge in [0.2, 0.25) is 0 Å². The first-order valence-electron chi connectivity index (χ1n) is 8.67. The number of aliphatic imine (C=N–C) groups is 1. The fraction of sp³-hybridized carbons (Fsp3) is 0.421. The number of nitrogens with one attached hydrogen (secondary N) is 2. The number of hydrogen-bond acceptors (Lipinski definition) is 3. The van der Waals surface area contributed by atoms with Crippen LogP contribution in [0.2, 0.25) is 0 Å². The topological polar surface area (TPSA) is 58.8 Å². The molecule has 1 aromatic heterocycles. The number of guanidine groups is 1. The second-order valence-corrected chi connectivity index (χ2v) is 6.12. The summed E-state index contributed by atoms with van der Waals surface area (Å²) in [6, 6.07) is 10.5. The Balaban J connectivity index is 1.55. The highest BCUT2D eigenvalue weighted by Gasteiger charge is 2.15. The maximum atomic E-state index is 13.8. The van der Waals surface area contributed by atoms with Crippen molar-refractivity contribution in [3.8, 4) is 0 Å². The van der Waals surface area contributed by atoms with Crippen molar-refractivity contribution in [3.05, 3.63) is 59.8 Å². The summed E-state index contributed by atoms with van der Waals surface area (Å²) in [7, 11) is 0. The Morgan fingerprint density at radius 3 is 2.88 bits per heavy atom. The predicted molar refractivity (Wildman–Crippen MR) is 94.9 cm³/mol. The van der Waals surface area contributed by atoms with E-state index in [1.807, 2.05) is 18.2 Å². The van der Waals surface area contributed by atoms with E-state index in [0.717, 1.165) is 38.4 Å². The Morgan fingerprint density at radius 1 is 1.20 bits per heavy atom. The lowest BCUT2D eigenvalue weighted by Crippen LogP contribution is -2.41. The minimum absolute atomic E-state index is 0.231. The van der Waals surface area contributed by atoms with Crippen LogP contribution < -0.4 is 10.6 Å². The summed E-state index contributed by atoms with van der Waals surface area (Å²) in [4.78, 5) is 4.52. The zero-order chi connectivity index (χ0) is 17.3. The molecule has 5 nitrogen and oxygen atoms in total. The van der Waals surface area contributed by atoms with Crippen molar-refractivity contribution in [1.82, 2.24) is 10.6 Å². The van der Waals surface area contributed by atoms with Gasteiger partial charge in [0.15, 0.2) is 5.96 Å². The number of ether oxygens (including phenoxy) is 1. The molecule has 0 aliphatic carbocycles. The normalized spacial score (nSPS) is 17.6. The van der Waals surface area contributed by atoms with Crippen LogP contribution in [0.5, 0.6) is 0 Å². The summed E-state index contributed by atoms with van der Waals surface area (Å²) in [6.45, 7) is 3.38. The molecule has 25 heavy (non-hydrogen) atoms. The molecule has 2 N–H and O–H groups in total. The molecule has 134 valence electrons. The van der Waals surface area contributed by atoms with E-state index in [-0.39, 0.29) is 5.82 Å². The maximum absolute atomic E-state index is 13.8. The van der Waals surface area contributed by atoms with Gasteiger partial charge >= 0.3 is 0 Å². The molecule has 3 rings (SSSR count). The third kappa shape index (κ3) is 5.60. The molecule has 0 saturated carbocycles. The molecule has 0 bridgehead atoms. The first-order chi connectivity index (χ1) is 12.3. The predicted octanol–water partition coefficient (Wildman–Crippen LogP) is 2.73.